The van der Waals surface area contributed by atoms with Gasteiger partial charge in [-0.05, 0) is 23.8 Å². The Hall–Kier alpha value is -3.12. The average Bonchev–Trinajstić information content (AvgIpc) is 3.33. The first-order valence-electron chi connectivity index (χ1n) is 9.06. The van der Waals surface area contributed by atoms with E-state index in [9.17, 15) is 4.79 Å². The zero-order valence-electron chi connectivity index (χ0n) is 15.4. The molecule has 4 rings (SSSR count). The van der Waals surface area contributed by atoms with Crippen molar-refractivity contribution in [3.05, 3.63) is 71.2 Å². The molecule has 0 atom stereocenters. The van der Waals surface area contributed by atoms with Crippen LogP contribution in [0.2, 0.25) is 5.02 Å². The first-order valence-corrected chi connectivity index (χ1v) is 9.43. The van der Waals surface area contributed by atoms with Gasteiger partial charge >= 0.3 is 0 Å². The molecule has 0 unspecified atom stereocenters. The number of carbonyl (C=O) groups excluding carboxylic acids is 1. The van der Waals surface area contributed by atoms with Crippen molar-refractivity contribution in [1.82, 2.24) is 20.1 Å². The molecule has 142 valence electrons. The molecule has 6 nitrogen and oxygen atoms in total. The number of aromatic nitrogens is 3. The quantitative estimate of drug-likeness (QED) is 0.531. The zero-order valence-corrected chi connectivity index (χ0v) is 16.1. The number of hydrogen-bond acceptors (Lipinski definition) is 4. The van der Waals surface area contributed by atoms with Crippen LogP contribution in [0.1, 0.15) is 18.4 Å². The second kappa shape index (κ2) is 7.86. The number of benzene rings is 2. The van der Waals surface area contributed by atoms with Crippen molar-refractivity contribution in [2.45, 2.75) is 26.4 Å². The van der Waals surface area contributed by atoms with Crippen molar-refractivity contribution in [3.63, 3.8) is 0 Å². The van der Waals surface area contributed by atoms with E-state index in [1.54, 1.807) is 0 Å². The number of aryl methyl sites for hydroxylation is 1. The number of rotatable bonds is 6. The van der Waals surface area contributed by atoms with E-state index in [0.717, 1.165) is 22.0 Å². The fourth-order valence-electron chi connectivity index (χ4n) is 3.07. The van der Waals surface area contributed by atoms with Gasteiger partial charge in [0.05, 0.1) is 5.56 Å². The molecule has 2 aromatic heterocycles. The smallest absolute Gasteiger partial charge is 0.249 e. The summed E-state index contributed by atoms with van der Waals surface area (Å²) in [4.78, 5) is 12.5. The molecule has 7 heteroatoms. The molecule has 0 spiro atoms. The summed E-state index contributed by atoms with van der Waals surface area (Å²) in [6, 6.07) is 15.3. The molecular weight excluding hydrogens is 376 g/mol. The molecule has 4 aromatic rings. The minimum Gasteiger partial charge on any atom is -0.421 e. The van der Waals surface area contributed by atoms with Crippen molar-refractivity contribution >= 4 is 28.4 Å². The van der Waals surface area contributed by atoms with Gasteiger partial charge in [0.1, 0.15) is 6.54 Å². The van der Waals surface area contributed by atoms with E-state index >= 15 is 0 Å². The predicted octanol–water partition coefficient (Wildman–Crippen LogP) is 4.22. The summed E-state index contributed by atoms with van der Waals surface area (Å²) >= 11 is 5.89. The first kappa shape index (κ1) is 18.3. The van der Waals surface area contributed by atoms with Crippen molar-refractivity contribution in [2.24, 2.45) is 0 Å². The average molecular weight is 395 g/mol. The second-order valence-corrected chi connectivity index (χ2v) is 6.88. The van der Waals surface area contributed by atoms with Crippen LogP contribution in [-0.4, -0.2) is 20.7 Å². The maximum Gasteiger partial charge on any atom is 0.249 e. The van der Waals surface area contributed by atoms with Gasteiger partial charge in [-0.15, -0.1) is 10.2 Å². The summed E-state index contributed by atoms with van der Waals surface area (Å²) < 4.78 is 7.61. The Balaban J connectivity index is 1.55. The van der Waals surface area contributed by atoms with Crippen molar-refractivity contribution in [2.75, 3.05) is 0 Å². The monoisotopic (exact) mass is 394 g/mol. The summed E-state index contributed by atoms with van der Waals surface area (Å²) in [5, 5.41) is 12.8. The Morgan fingerprint density at radius 3 is 2.68 bits per heavy atom. The van der Waals surface area contributed by atoms with Crippen LogP contribution in [-0.2, 0) is 24.3 Å². The molecule has 0 saturated carbocycles. The Bertz CT molecular complexity index is 1120. The van der Waals surface area contributed by atoms with Gasteiger partial charge in [0, 0.05) is 35.1 Å². The van der Waals surface area contributed by atoms with E-state index in [2.05, 4.69) is 15.5 Å². The third-order valence-corrected chi connectivity index (χ3v) is 4.76. The Labute approximate surface area is 167 Å². The van der Waals surface area contributed by atoms with E-state index in [1.807, 2.05) is 66.2 Å². The SMILES string of the molecule is CCc1nnc(-c2cn(CC(=O)NCc3ccc(Cl)cc3)c3ccccc23)o1. The van der Waals surface area contributed by atoms with E-state index in [4.69, 9.17) is 16.0 Å². The summed E-state index contributed by atoms with van der Waals surface area (Å²) in [7, 11) is 0. The molecule has 2 heterocycles. The fraction of sp³-hybridized carbons (Fsp3) is 0.190. The standard InChI is InChI=1S/C21H19ClN4O2/c1-2-20-24-25-21(28-20)17-12-26(18-6-4-3-5-16(17)18)13-19(27)23-11-14-7-9-15(22)10-8-14/h3-10,12H,2,11,13H2,1H3,(H,23,27). The summed E-state index contributed by atoms with van der Waals surface area (Å²) in [6.07, 6.45) is 2.57. The van der Waals surface area contributed by atoms with Gasteiger partial charge in [-0.2, -0.15) is 0 Å². The number of carbonyl (C=O) groups is 1. The summed E-state index contributed by atoms with van der Waals surface area (Å²) in [6.45, 7) is 2.61. The number of nitrogens with zero attached hydrogens (tertiary/aromatic N) is 3. The van der Waals surface area contributed by atoms with Gasteiger partial charge in [-0.1, -0.05) is 48.9 Å². The van der Waals surface area contributed by atoms with Gasteiger partial charge in [0.25, 0.3) is 0 Å². The van der Waals surface area contributed by atoms with Gasteiger partial charge in [0.2, 0.25) is 17.7 Å². The van der Waals surface area contributed by atoms with Crippen LogP contribution in [0.15, 0.2) is 59.1 Å². The van der Waals surface area contributed by atoms with Crippen LogP contribution in [0, 0.1) is 0 Å². The third kappa shape index (κ3) is 3.77. The highest BCUT2D eigenvalue weighted by molar-refractivity contribution is 6.30. The molecule has 0 radical (unpaired) electrons. The lowest BCUT2D eigenvalue weighted by molar-refractivity contribution is -0.121. The van der Waals surface area contributed by atoms with Crippen LogP contribution in [0.3, 0.4) is 0 Å². The normalized spacial score (nSPS) is 11.1. The number of fused-ring (bicyclic) bond motifs is 1. The fourth-order valence-corrected chi connectivity index (χ4v) is 3.19. The largest absolute Gasteiger partial charge is 0.421 e. The van der Waals surface area contributed by atoms with Gasteiger partial charge in [-0.25, -0.2) is 0 Å². The summed E-state index contributed by atoms with van der Waals surface area (Å²) in [5.74, 6) is 0.975. The first-order chi connectivity index (χ1) is 13.6. The molecule has 0 bridgehead atoms. The van der Waals surface area contributed by atoms with E-state index < -0.39 is 0 Å². The molecule has 0 aliphatic rings. The highest BCUT2D eigenvalue weighted by Gasteiger charge is 2.16. The van der Waals surface area contributed by atoms with Crippen molar-refractivity contribution in [1.29, 1.82) is 0 Å². The number of nitrogens with one attached hydrogen (secondary N) is 1. The van der Waals surface area contributed by atoms with Gasteiger partial charge in [-0.3, -0.25) is 4.79 Å². The Morgan fingerprint density at radius 1 is 1.14 bits per heavy atom. The lowest BCUT2D eigenvalue weighted by atomic mass is 10.2. The molecule has 0 aliphatic heterocycles. The van der Waals surface area contributed by atoms with Crippen LogP contribution < -0.4 is 5.32 Å². The molecular formula is C21H19ClN4O2. The molecule has 0 fully saturated rings. The van der Waals surface area contributed by atoms with Crippen LogP contribution in [0.4, 0.5) is 0 Å². The van der Waals surface area contributed by atoms with Crippen LogP contribution in [0.5, 0.6) is 0 Å². The van der Waals surface area contributed by atoms with E-state index in [1.165, 1.54) is 0 Å². The number of halogens is 1. The van der Waals surface area contributed by atoms with Crippen LogP contribution in [0.25, 0.3) is 22.4 Å². The minimum absolute atomic E-state index is 0.0815. The number of hydrogen-bond donors (Lipinski definition) is 1. The predicted molar refractivity (Wildman–Crippen MR) is 108 cm³/mol. The molecule has 28 heavy (non-hydrogen) atoms. The van der Waals surface area contributed by atoms with Gasteiger partial charge < -0.3 is 14.3 Å². The van der Waals surface area contributed by atoms with Crippen LogP contribution >= 0.6 is 11.6 Å². The lowest BCUT2D eigenvalue weighted by Gasteiger charge is -2.07. The van der Waals surface area contributed by atoms with E-state index in [0.29, 0.717) is 29.8 Å². The highest BCUT2D eigenvalue weighted by atomic mass is 35.5. The summed E-state index contributed by atoms with van der Waals surface area (Å²) in [5.41, 5.74) is 2.76. The Morgan fingerprint density at radius 2 is 1.93 bits per heavy atom. The molecule has 1 amide bonds. The number of para-hydroxylation sites is 1. The number of amides is 1. The zero-order chi connectivity index (χ0) is 19.5. The maximum absolute atomic E-state index is 12.5. The lowest BCUT2D eigenvalue weighted by Crippen LogP contribution is -2.26. The topological polar surface area (TPSA) is 73.0 Å². The maximum atomic E-state index is 12.5. The molecule has 2 aromatic carbocycles. The second-order valence-electron chi connectivity index (χ2n) is 6.45. The molecule has 0 saturated heterocycles. The molecule has 0 aliphatic carbocycles. The molecule has 1 N–H and O–H groups in total. The Kier molecular flexibility index (Phi) is 5.12. The third-order valence-electron chi connectivity index (χ3n) is 4.51. The van der Waals surface area contributed by atoms with Crippen molar-refractivity contribution < 1.29 is 9.21 Å². The van der Waals surface area contributed by atoms with Gasteiger partial charge in [0.15, 0.2) is 0 Å². The van der Waals surface area contributed by atoms with Crippen molar-refractivity contribution in [3.8, 4) is 11.5 Å². The minimum atomic E-state index is -0.0815. The van der Waals surface area contributed by atoms with E-state index in [-0.39, 0.29) is 12.5 Å². The highest BCUT2D eigenvalue weighted by Crippen LogP contribution is 2.29.